The first-order chi connectivity index (χ1) is 16.9. The summed E-state index contributed by atoms with van der Waals surface area (Å²) in [7, 11) is 0. The number of carbonyl (C=O) groups excluding carboxylic acids is 2. The quantitative estimate of drug-likeness (QED) is 0.291. The maximum Gasteiger partial charge on any atom is 0.243 e. The van der Waals surface area contributed by atoms with Crippen molar-refractivity contribution in [3.63, 3.8) is 0 Å². The summed E-state index contributed by atoms with van der Waals surface area (Å²) in [5.74, 6) is 0.507. The number of hydrogen-bond acceptors (Lipinski definition) is 3. The van der Waals surface area contributed by atoms with Crippen LogP contribution in [0.15, 0.2) is 72.8 Å². The first kappa shape index (κ1) is 27.4. The Labute approximate surface area is 225 Å². The lowest BCUT2D eigenvalue weighted by Crippen LogP contribution is -2.51. The van der Waals surface area contributed by atoms with Gasteiger partial charge in [0.2, 0.25) is 11.8 Å². The highest BCUT2D eigenvalue weighted by atomic mass is 35.5. The van der Waals surface area contributed by atoms with Gasteiger partial charge in [-0.25, -0.2) is 0 Å². The molecule has 0 aliphatic heterocycles. The van der Waals surface area contributed by atoms with Gasteiger partial charge in [-0.15, -0.1) is 11.8 Å². The monoisotopic (exact) mass is 548 g/mol. The van der Waals surface area contributed by atoms with Crippen molar-refractivity contribution in [3.05, 3.63) is 105 Å². The van der Waals surface area contributed by atoms with Crippen molar-refractivity contribution in [1.29, 1.82) is 0 Å². The molecule has 0 fully saturated rings. The molecule has 3 aromatic rings. The molecule has 1 N–H and O–H groups in total. The van der Waals surface area contributed by atoms with E-state index in [0.717, 1.165) is 16.7 Å². The van der Waals surface area contributed by atoms with Gasteiger partial charge in [0.1, 0.15) is 6.04 Å². The summed E-state index contributed by atoms with van der Waals surface area (Å²) in [6, 6.07) is 21.9. The smallest absolute Gasteiger partial charge is 0.243 e. The largest absolute Gasteiger partial charge is 0.355 e. The lowest BCUT2D eigenvalue weighted by Gasteiger charge is -2.31. The third-order valence-corrected chi connectivity index (χ3v) is 7.30. The minimum Gasteiger partial charge on any atom is -0.355 e. The van der Waals surface area contributed by atoms with Crippen molar-refractivity contribution in [2.75, 3.05) is 12.3 Å². The molecule has 0 saturated heterocycles. The van der Waals surface area contributed by atoms with Gasteiger partial charge in [0.25, 0.3) is 0 Å². The Morgan fingerprint density at radius 1 is 0.886 bits per heavy atom. The predicted molar refractivity (Wildman–Crippen MR) is 147 cm³/mol. The summed E-state index contributed by atoms with van der Waals surface area (Å²) in [6.45, 7) is 2.63. The highest BCUT2D eigenvalue weighted by molar-refractivity contribution is 7.99. The Hall–Kier alpha value is -2.18. The van der Waals surface area contributed by atoms with E-state index in [0.29, 0.717) is 33.8 Å². The van der Waals surface area contributed by atoms with E-state index < -0.39 is 6.04 Å². The van der Waals surface area contributed by atoms with Crippen LogP contribution in [0.5, 0.6) is 0 Å². The van der Waals surface area contributed by atoms with E-state index in [1.54, 1.807) is 23.1 Å². The maximum absolute atomic E-state index is 13.5. The van der Waals surface area contributed by atoms with Gasteiger partial charge in [-0.3, -0.25) is 9.59 Å². The number of nitrogens with one attached hydrogen (secondary N) is 1. The lowest BCUT2D eigenvalue weighted by atomic mass is 10.0. The molecule has 3 rings (SSSR count). The molecule has 0 unspecified atom stereocenters. The van der Waals surface area contributed by atoms with E-state index in [2.05, 4.69) is 5.32 Å². The fraction of sp³-hybridized carbons (Fsp3) is 0.259. The second-order valence-electron chi connectivity index (χ2n) is 7.99. The van der Waals surface area contributed by atoms with Crippen molar-refractivity contribution in [3.8, 4) is 0 Å². The lowest BCUT2D eigenvalue weighted by molar-refractivity contribution is -0.139. The molecular weight excluding hydrogens is 523 g/mol. The molecule has 0 spiro atoms. The third-order valence-electron chi connectivity index (χ3n) is 5.34. The normalized spacial score (nSPS) is 11.7. The first-order valence-corrected chi connectivity index (χ1v) is 13.5. The zero-order chi connectivity index (χ0) is 25.2. The molecule has 0 heterocycles. The SMILES string of the molecule is CCNC(=O)[C@@H](Cc1ccccc1)N(Cc1cccc(Cl)c1)C(=O)CSCc1ccc(Cl)c(Cl)c1. The van der Waals surface area contributed by atoms with Crippen LogP contribution in [0.4, 0.5) is 0 Å². The molecule has 0 aliphatic rings. The molecule has 8 heteroatoms. The molecule has 184 valence electrons. The molecule has 0 radical (unpaired) electrons. The number of hydrogen-bond donors (Lipinski definition) is 1. The first-order valence-electron chi connectivity index (χ1n) is 11.2. The van der Waals surface area contributed by atoms with Gasteiger partial charge in [-0.2, -0.15) is 0 Å². The van der Waals surface area contributed by atoms with Gasteiger partial charge in [0, 0.05) is 30.3 Å². The molecule has 35 heavy (non-hydrogen) atoms. The van der Waals surface area contributed by atoms with Gasteiger partial charge in [-0.05, 0) is 47.9 Å². The molecular formula is C27H27Cl3N2O2S. The molecule has 2 amide bonds. The molecule has 1 atom stereocenters. The molecule has 0 aliphatic carbocycles. The number of amides is 2. The van der Waals surface area contributed by atoms with Crippen molar-refractivity contribution >= 4 is 58.4 Å². The van der Waals surface area contributed by atoms with Gasteiger partial charge in [0.05, 0.1) is 15.8 Å². The summed E-state index contributed by atoms with van der Waals surface area (Å²) in [5, 5.41) is 4.46. The zero-order valence-corrected chi connectivity index (χ0v) is 22.4. The van der Waals surface area contributed by atoms with Crippen LogP contribution in [0.25, 0.3) is 0 Å². The van der Waals surface area contributed by atoms with Crippen LogP contribution in [-0.4, -0.2) is 35.1 Å². The van der Waals surface area contributed by atoms with Crippen LogP contribution in [0, 0.1) is 0 Å². The average Bonchev–Trinajstić information content (AvgIpc) is 2.84. The topological polar surface area (TPSA) is 49.4 Å². The Balaban J connectivity index is 1.82. The molecule has 4 nitrogen and oxygen atoms in total. The number of thioether (sulfide) groups is 1. The molecule has 0 saturated carbocycles. The number of carbonyl (C=O) groups is 2. The van der Waals surface area contributed by atoms with E-state index in [1.807, 2.05) is 61.5 Å². The van der Waals surface area contributed by atoms with Crippen molar-refractivity contribution < 1.29 is 9.59 Å². The Morgan fingerprint density at radius 3 is 2.31 bits per heavy atom. The zero-order valence-electron chi connectivity index (χ0n) is 19.3. The standard InChI is InChI=1S/C27H27Cl3N2O2S/c1-2-31-27(34)25(15-19-7-4-3-5-8-19)32(16-20-9-6-10-22(28)13-20)26(33)18-35-17-21-11-12-23(29)24(30)14-21/h3-14,25H,2,15-18H2,1H3,(H,31,34)/t25-/m1/s1. The Morgan fingerprint density at radius 2 is 1.63 bits per heavy atom. The Bertz CT molecular complexity index is 1140. The van der Waals surface area contributed by atoms with Crippen LogP contribution in [0.1, 0.15) is 23.6 Å². The summed E-state index contributed by atoms with van der Waals surface area (Å²) in [4.78, 5) is 28.3. The Kier molecular flexibility index (Phi) is 10.8. The van der Waals surface area contributed by atoms with Crippen molar-refractivity contribution in [1.82, 2.24) is 10.2 Å². The predicted octanol–water partition coefficient (Wildman–Crippen LogP) is 6.66. The molecule has 3 aromatic carbocycles. The van der Waals surface area contributed by atoms with Gasteiger partial charge in [0.15, 0.2) is 0 Å². The van der Waals surface area contributed by atoms with E-state index in [4.69, 9.17) is 34.8 Å². The van der Waals surface area contributed by atoms with E-state index in [1.165, 1.54) is 11.8 Å². The number of benzene rings is 3. The van der Waals surface area contributed by atoms with Gasteiger partial charge in [-0.1, -0.05) is 83.3 Å². The number of nitrogens with zero attached hydrogens (tertiary/aromatic N) is 1. The van der Waals surface area contributed by atoms with Crippen LogP contribution >= 0.6 is 46.6 Å². The fourth-order valence-corrected chi connectivity index (χ4v) is 5.04. The summed E-state index contributed by atoms with van der Waals surface area (Å²) in [5.41, 5.74) is 2.82. The van der Waals surface area contributed by atoms with E-state index in [9.17, 15) is 9.59 Å². The highest BCUT2D eigenvalue weighted by Crippen LogP contribution is 2.25. The molecule has 0 aromatic heterocycles. The second kappa shape index (κ2) is 13.8. The number of rotatable bonds is 11. The average molecular weight is 550 g/mol. The van der Waals surface area contributed by atoms with Crippen molar-refractivity contribution in [2.24, 2.45) is 0 Å². The van der Waals surface area contributed by atoms with E-state index in [-0.39, 0.29) is 24.1 Å². The van der Waals surface area contributed by atoms with Crippen molar-refractivity contribution in [2.45, 2.75) is 31.7 Å². The minimum absolute atomic E-state index is 0.123. The van der Waals surface area contributed by atoms with E-state index >= 15 is 0 Å². The van der Waals surface area contributed by atoms with Crippen LogP contribution in [-0.2, 0) is 28.3 Å². The van der Waals surface area contributed by atoms with Gasteiger partial charge >= 0.3 is 0 Å². The summed E-state index contributed by atoms with van der Waals surface area (Å²) < 4.78 is 0. The summed E-state index contributed by atoms with van der Waals surface area (Å²) in [6.07, 6.45) is 0.413. The van der Waals surface area contributed by atoms with Gasteiger partial charge < -0.3 is 10.2 Å². The maximum atomic E-state index is 13.5. The van der Waals surface area contributed by atoms with Crippen LogP contribution < -0.4 is 5.32 Å². The minimum atomic E-state index is -0.658. The fourth-order valence-electron chi connectivity index (χ4n) is 3.65. The number of likely N-dealkylation sites (N-methyl/N-ethyl adjacent to an activating group) is 1. The highest BCUT2D eigenvalue weighted by Gasteiger charge is 2.30. The second-order valence-corrected chi connectivity index (χ2v) is 10.2. The molecule has 0 bridgehead atoms. The number of halogens is 3. The third kappa shape index (κ3) is 8.46. The van der Waals surface area contributed by atoms with Crippen LogP contribution in [0.2, 0.25) is 15.1 Å². The summed E-state index contributed by atoms with van der Waals surface area (Å²) >= 11 is 19.8. The van der Waals surface area contributed by atoms with Crippen LogP contribution in [0.3, 0.4) is 0 Å².